The number of carbonyl (C=O) groups excluding carboxylic acids is 1. The highest BCUT2D eigenvalue weighted by molar-refractivity contribution is 5.94. The summed E-state index contributed by atoms with van der Waals surface area (Å²) in [5.41, 5.74) is 4.51. The number of carbonyl (C=O) groups is 1. The molecule has 0 bridgehead atoms. The average Bonchev–Trinajstić information content (AvgIpc) is 3.24. The molecule has 7 rings (SSSR count). The highest BCUT2D eigenvalue weighted by Crippen LogP contribution is 2.58. The number of fused-ring (bicyclic) bond motifs is 5. The van der Waals surface area contributed by atoms with Gasteiger partial charge in [0.25, 0.3) is 0 Å². The number of aromatic nitrogens is 2. The average molecular weight is 528 g/mol. The lowest BCUT2D eigenvalue weighted by Gasteiger charge is -2.31. The Labute approximate surface area is 227 Å². The van der Waals surface area contributed by atoms with Crippen molar-refractivity contribution in [1.29, 1.82) is 0 Å². The Hall–Kier alpha value is -3.52. The van der Waals surface area contributed by atoms with E-state index in [9.17, 15) is 4.79 Å². The van der Waals surface area contributed by atoms with Gasteiger partial charge in [0.2, 0.25) is 5.91 Å². The Bertz CT molecular complexity index is 1460. The molecule has 8 heteroatoms. The summed E-state index contributed by atoms with van der Waals surface area (Å²) in [7, 11) is 0. The van der Waals surface area contributed by atoms with Gasteiger partial charge in [0, 0.05) is 24.0 Å². The van der Waals surface area contributed by atoms with Gasteiger partial charge in [-0.2, -0.15) is 9.97 Å². The molecule has 2 atom stereocenters. The zero-order chi connectivity index (χ0) is 26.6. The molecule has 0 radical (unpaired) electrons. The van der Waals surface area contributed by atoms with Crippen LogP contribution in [0.25, 0.3) is 22.0 Å². The van der Waals surface area contributed by atoms with Crippen molar-refractivity contribution in [2.45, 2.75) is 50.0 Å². The number of rotatable bonds is 9. The molecule has 4 aliphatic rings. The second-order valence-corrected chi connectivity index (χ2v) is 11.5. The second kappa shape index (κ2) is 9.59. The van der Waals surface area contributed by atoms with E-state index in [1.54, 1.807) is 0 Å². The van der Waals surface area contributed by atoms with Crippen LogP contribution >= 0.6 is 0 Å². The number of anilines is 1. The minimum atomic E-state index is -0.346. The van der Waals surface area contributed by atoms with Gasteiger partial charge >= 0.3 is 6.01 Å². The summed E-state index contributed by atoms with van der Waals surface area (Å²) in [4.78, 5) is 23.4. The van der Waals surface area contributed by atoms with Gasteiger partial charge in [0.1, 0.15) is 17.9 Å². The number of nitrogens with one attached hydrogen (secondary N) is 2. The molecule has 2 saturated heterocycles. The van der Waals surface area contributed by atoms with Crippen LogP contribution in [0.1, 0.15) is 49.1 Å². The predicted molar refractivity (Wildman–Crippen MR) is 149 cm³/mol. The molecular weight excluding hydrogens is 493 g/mol. The second-order valence-electron chi connectivity index (χ2n) is 11.5. The van der Waals surface area contributed by atoms with Gasteiger partial charge < -0.3 is 15.4 Å². The van der Waals surface area contributed by atoms with E-state index in [1.165, 1.54) is 36.5 Å². The molecule has 2 aromatic carbocycles. The first-order chi connectivity index (χ1) is 19.1. The number of amides is 1. The van der Waals surface area contributed by atoms with E-state index < -0.39 is 0 Å². The number of nitrogens with zero attached hydrogens (tertiary/aromatic N) is 3. The van der Waals surface area contributed by atoms with Gasteiger partial charge in [-0.1, -0.05) is 30.8 Å². The van der Waals surface area contributed by atoms with Crippen LogP contribution < -0.4 is 15.4 Å². The van der Waals surface area contributed by atoms with Gasteiger partial charge in [0.15, 0.2) is 5.82 Å². The van der Waals surface area contributed by atoms with Crippen LogP contribution in [0.5, 0.6) is 6.01 Å². The summed E-state index contributed by atoms with van der Waals surface area (Å²) in [5, 5.41) is 6.61. The summed E-state index contributed by atoms with van der Waals surface area (Å²) in [6.45, 7) is 6.99. The van der Waals surface area contributed by atoms with Crippen molar-refractivity contribution in [2.75, 3.05) is 38.1 Å². The highest BCUT2D eigenvalue weighted by Gasteiger charge is 2.47. The normalized spacial score (nSPS) is 22.3. The van der Waals surface area contributed by atoms with E-state index in [0.717, 1.165) is 43.8 Å². The zero-order valence-electron chi connectivity index (χ0n) is 22.1. The molecule has 202 valence electrons. The molecular formula is C31H34FN5O2. The quantitative estimate of drug-likeness (QED) is 0.307. The maximum absolute atomic E-state index is 16.4. The Kier molecular flexibility index (Phi) is 6.03. The van der Waals surface area contributed by atoms with Crippen molar-refractivity contribution in [3.05, 3.63) is 59.9 Å². The number of hydrogen-bond acceptors (Lipinski definition) is 6. The molecule has 1 amide bonds. The first kappa shape index (κ1) is 24.5. The zero-order valence-corrected chi connectivity index (χ0v) is 22.1. The molecule has 0 unspecified atom stereocenters. The Morgan fingerprint density at radius 2 is 2.00 bits per heavy atom. The van der Waals surface area contributed by atoms with Crippen molar-refractivity contribution in [2.24, 2.45) is 5.92 Å². The molecule has 3 fully saturated rings. The third kappa shape index (κ3) is 4.25. The van der Waals surface area contributed by atoms with Crippen molar-refractivity contribution >= 4 is 22.6 Å². The van der Waals surface area contributed by atoms with E-state index in [2.05, 4.69) is 38.1 Å². The molecule has 0 spiro atoms. The van der Waals surface area contributed by atoms with Crippen molar-refractivity contribution in [3.8, 4) is 17.1 Å². The van der Waals surface area contributed by atoms with Gasteiger partial charge in [0.05, 0.1) is 5.54 Å². The lowest BCUT2D eigenvalue weighted by Crippen LogP contribution is -2.43. The van der Waals surface area contributed by atoms with Crippen molar-refractivity contribution in [1.82, 2.24) is 20.2 Å². The summed E-state index contributed by atoms with van der Waals surface area (Å²) in [6, 6.07) is 10.2. The lowest BCUT2D eigenvalue weighted by atomic mass is 9.93. The molecule has 3 aromatic rings. The fraction of sp³-hybridized carbons (Fsp3) is 0.452. The Morgan fingerprint density at radius 1 is 1.15 bits per heavy atom. The van der Waals surface area contributed by atoms with Crippen LogP contribution in [0.4, 0.5) is 10.2 Å². The number of hydrogen-bond donors (Lipinski definition) is 2. The van der Waals surface area contributed by atoms with E-state index in [-0.39, 0.29) is 28.8 Å². The van der Waals surface area contributed by atoms with E-state index >= 15 is 4.39 Å². The number of ether oxygens (including phenoxy) is 1. The molecule has 7 nitrogen and oxygen atoms in total. The van der Waals surface area contributed by atoms with E-state index in [1.807, 2.05) is 24.3 Å². The molecule has 2 aliphatic heterocycles. The fourth-order valence-electron chi connectivity index (χ4n) is 7.22. The Balaban J connectivity index is 1.24. The lowest BCUT2D eigenvalue weighted by molar-refractivity contribution is -0.116. The third-order valence-corrected chi connectivity index (χ3v) is 9.23. The van der Waals surface area contributed by atoms with Crippen LogP contribution in [0, 0.1) is 11.7 Å². The van der Waals surface area contributed by atoms with Crippen LogP contribution in [0.2, 0.25) is 0 Å². The topological polar surface area (TPSA) is 79.4 Å². The molecule has 39 heavy (non-hydrogen) atoms. The van der Waals surface area contributed by atoms with Crippen LogP contribution in [-0.4, -0.2) is 59.1 Å². The first-order valence-electron chi connectivity index (χ1n) is 14.2. The van der Waals surface area contributed by atoms with Gasteiger partial charge in [-0.15, -0.1) is 0 Å². The largest absolute Gasteiger partial charge is 0.461 e. The first-order valence-corrected chi connectivity index (χ1v) is 14.2. The minimum Gasteiger partial charge on any atom is -0.461 e. The number of halogens is 1. The summed E-state index contributed by atoms with van der Waals surface area (Å²) >= 11 is 0. The molecule has 2 aliphatic carbocycles. The Morgan fingerprint density at radius 3 is 2.82 bits per heavy atom. The molecule has 1 aromatic heterocycles. The fourth-order valence-corrected chi connectivity index (χ4v) is 7.22. The monoisotopic (exact) mass is 527 g/mol. The van der Waals surface area contributed by atoms with Gasteiger partial charge in [-0.05, 0) is 92.3 Å². The highest BCUT2D eigenvalue weighted by atomic mass is 19.1. The minimum absolute atomic E-state index is 0.0344. The van der Waals surface area contributed by atoms with Crippen LogP contribution in [0.15, 0.2) is 43.0 Å². The number of benzene rings is 2. The van der Waals surface area contributed by atoms with Crippen LogP contribution in [-0.2, 0) is 11.2 Å². The van der Waals surface area contributed by atoms with Gasteiger partial charge in [-0.25, -0.2) is 4.39 Å². The van der Waals surface area contributed by atoms with Gasteiger partial charge in [-0.3, -0.25) is 9.69 Å². The molecule has 3 heterocycles. The SMILES string of the molecule is C=CC(=O)NCCNc1nc(OCC23CCCN2CCC3)nc2c(F)c(-c3cccc4c3[C@H]3C[C@H]3C4)ccc12. The molecule has 1 saturated carbocycles. The predicted octanol–water partition coefficient (Wildman–Crippen LogP) is 4.82. The van der Waals surface area contributed by atoms with Crippen molar-refractivity contribution < 1.29 is 13.9 Å². The van der Waals surface area contributed by atoms with E-state index in [4.69, 9.17) is 4.74 Å². The maximum atomic E-state index is 16.4. The van der Waals surface area contributed by atoms with Crippen LogP contribution in [0.3, 0.4) is 0 Å². The third-order valence-electron chi connectivity index (χ3n) is 9.23. The summed E-state index contributed by atoms with van der Waals surface area (Å²) in [6.07, 6.45) is 8.09. The summed E-state index contributed by atoms with van der Waals surface area (Å²) in [5.74, 6) is 1.19. The maximum Gasteiger partial charge on any atom is 0.319 e. The smallest absolute Gasteiger partial charge is 0.319 e. The van der Waals surface area contributed by atoms with E-state index in [0.29, 0.717) is 42.4 Å². The molecule has 2 N–H and O–H groups in total. The standard InChI is InChI=1S/C31H34FN5O2/c1-2-25(38)33-12-13-34-29-23-9-8-22(21-7-3-6-19-16-20-17-24(20)26(19)21)27(32)28(23)35-30(36-29)39-18-31-10-4-14-37(31)15-5-11-31/h2-3,6-9,20,24H,1,4-5,10-18H2,(H,33,38)(H,34,35,36)/t20-,24+/m1/s1. The van der Waals surface area contributed by atoms with Crippen molar-refractivity contribution in [3.63, 3.8) is 0 Å². The summed E-state index contributed by atoms with van der Waals surface area (Å²) < 4.78 is 22.6.